The Kier molecular flexibility index (Phi) is 3.93. The van der Waals surface area contributed by atoms with E-state index in [1.807, 2.05) is 11.8 Å². The van der Waals surface area contributed by atoms with Gasteiger partial charge in [-0.2, -0.15) is 4.98 Å². The SMILES string of the molecule is CCCN(CCO)c1nc2c([nH]1)c(=O)n(C)c(=O)n2C. The van der Waals surface area contributed by atoms with Crippen LogP contribution in [0.4, 0.5) is 5.95 Å². The summed E-state index contributed by atoms with van der Waals surface area (Å²) in [5.41, 5.74) is -0.192. The first kappa shape index (κ1) is 14.3. The maximum Gasteiger partial charge on any atom is 0.332 e. The van der Waals surface area contributed by atoms with Gasteiger partial charge in [0.25, 0.3) is 5.56 Å². The van der Waals surface area contributed by atoms with Crippen LogP contribution >= 0.6 is 0 Å². The Morgan fingerprint density at radius 1 is 1.25 bits per heavy atom. The van der Waals surface area contributed by atoms with Crippen molar-refractivity contribution in [1.82, 2.24) is 19.1 Å². The topological polar surface area (TPSA) is 96.2 Å². The zero-order valence-corrected chi connectivity index (χ0v) is 11.9. The number of aromatic nitrogens is 4. The largest absolute Gasteiger partial charge is 0.395 e. The fourth-order valence-electron chi connectivity index (χ4n) is 2.18. The number of aliphatic hydroxyl groups excluding tert-OH is 1. The molecule has 0 aromatic carbocycles. The average Bonchev–Trinajstić information content (AvgIpc) is 2.88. The van der Waals surface area contributed by atoms with E-state index in [0.29, 0.717) is 30.2 Å². The maximum atomic E-state index is 12.1. The summed E-state index contributed by atoms with van der Waals surface area (Å²) >= 11 is 0. The van der Waals surface area contributed by atoms with Crippen molar-refractivity contribution in [2.45, 2.75) is 13.3 Å². The zero-order valence-electron chi connectivity index (χ0n) is 11.9. The van der Waals surface area contributed by atoms with Crippen LogP contribution in [0.15, 0.2) is 9.59 Å². The first-order valence-electron chi connectivity index (χ1n) is 6.52. The third kappa shape index (κ3) is 2.22. The molecular formula is C12H19N5O3. The van der Waals surface area contributed by atoms with E-state index in [1.165, 1.54) is 11.6 Å². The van der Waals surface area contributed by atoms with Gasteiger partial charge in [0.1, 0.15) is 0 Å². The summed E-state index contributed by atoms with van der Waals surface area (Å²) in [6.07, 6.45) is 0.883. The summed E-state index contributed by atoms with van der Waals surface area (Å²) in [6.45, 7) is 3.13. The van der Waals surface area contributed by atoms with Crippen molar-refractivity contribution in [1.29, 1.82) is 0 Å². The normalized spacial score (nSPS) is 11.2. The number of fused-ring (bicyclic) bond motifs is 1. The minimum atomic E-state index is -0.412. The zero-order chi connectivity index (χ0) is 14.9. The van der Waals surface area contributed by atoms with Gasteiger partial charge in [0, 0.05) is 27.2 Å². The molecule has 2 aromatic rings. The molecule has 0 amide bonds. The monoisotopic (exact) mass is 281 g/mol. The van der Waals surface area contributed by atoms with Gasteiger partial charge in [0.05, 0.1) is 6.61 Å². The molecule has 0 saturated heterocycles. The van der Waals surface area contributed by atoms with Crippen molar-refractivity contribution >= 4 is 17.1 Å². The first-order valence-corrected chi connectivity index (χ1v) is 6.52. The molecule has 2 rings (SSSR count). The summed E-state index contributed by atoms with van der Waals surface area (Å²) in [4.78, 5) is 33.0. The Bertz CT molecular complexity index is 721. The lowest BCUT2D eigenvalue weighted by molar-refractivity contribution is 0.301. The number of nitrogens with zero attached hydrogens (tertiary/aromatic N) is 4. The van der Waals surface area contributed by atoms with Crippen LogP contribution in [0.5, 0.6) is 0 Å². The van der Waals surface area contributed by atoms with E-state index >= 15 is 0 Å². The highest BCUT2D eigenvalue weighted by Crippen LogP contribution is 2.13. The third-order valence-electron chi connectivity index (χ3n) is 3.25. The summed E-state index contributed by atoms with van der Waals surface area (Å²) in [5.74, 6) is 0.495. The number of imidazole rings is 1. The number of aliphatic hydroxyl groups is 1. The molecule has 110 valence electrons. The maximum absolute atomic E-state index is 12.1. The van der Waals surface area contributed by atoms with Crippen molar-refractivity contribution in [3.8, 4) is 0 Å². The van der Waals surface area contributed by atoms with Gasteiger partial charge >= 0.3 is 5.69 Å². The molecule has 0 radical (unpaired) electrons. The van der Waals surface area contributed by atoms with Gasteiger partial charge in [0.15, 0.2) is 11.2 Å². The Hall–Kier alpha value is -2.09. The molecule has 2 aromatic heterocycles. The molecule has 0 fully saturated rings. The van der Waals surface area contributed by atoms with Crippen molar-refractivity contribution in [3.63, 3.8) is 0 Å². The number of rotatable bonds is 5. The van der Waals surface area contributed by atoms with Crippen LogP contribution in [0.3, 0.4) is 0 Å². The lowest BCUT2D eigenvalue weighted by Crippen LogP contribution is -2.36. The predicted octanol–water partition coefficient (Wildman–Crippen LogP) is -0.831. The molecule has 0 saturated carbocycles. The smallest absolute Gasteiger partial charge is 0.332 e. The molecule has 0 aliphatic rings. The highest BCUT2D eigenvalue weighted by atomic mass is 16.3. The highest BCUT2D eigenvalue weighted by molar-refractivity contribution is 5.72. The van der Waals surface area contributed by atoms with E-state index in [-0.39, 0.29) is 6.61 Å². The number of anilines is 1. The van der Waals surface area contributed by atoms with Crippen LogP contribution in [-0.4, -0.2) is 43.9 Å². The standard InChI is InChI=1S/C12H19N5O3/c1-4-5-17(6-7-18)11-13-8-9(14-11)15(2)12(20)16(3)10(8)19/h18H,4-7H2,1-3H3,(H,13,14). The number of hydrogen-bond donors (Lipinski definition) is 2. The summed E-state index contributed by atoms with van der Waals surface area (Å²) in [7, 11) is 3.01. The van der Waals surface area contributed by atoms with Gasteiger partial charge in [-0.25, -0.2) is 4.79 Å². The third-order valence-corrected chi connectivity index (χ3v) is 3.25. The number of hydrogen-bond acceptors (Lipinski definition) is 5. The van der Waals surface area contributed by atoms with Crippen LogP contribution in [0.25, 0.3) is 11.2 Å². The van der Waals surface area contributed by atoms with Crippen molar-refractivity contribution < 1.29 is 5.11 Å². The molecule has 0 unspecified atom stereocenters. The van der Waals surface area contributed by atoms with Gasteiger partial charge in [-0.05, 0) is 6.42 Å². The Balaban J connectivity index is 2.64. The molecule has 0 atom stereocenters. The average molecular weight is 281 g/mol. The molecule has 2 heterocycles. The summed E-state index contributed by atoms with van der Waals surface area (Å²) < 4.78 is 2.38. The van der Waals surface area contributed by atoms with Crippen molar-refractivity contribution in [2.75, 3.05) is 24.6 Å². The minimum absolute atomic E-state index is 0.00597. The summed E-state index contributed by atoms with van der Waals surface area (Å²) in [5, 5.41) is 9.09. The Labute approximate surface area is 115 Å². The van der Waals surface area contributed by atoms with Gasteiger partial charge in [-0.1, -0.05) is 6.92 Å². The van der Waals surface area contributed by atoms with Crippen molar-refractivity contribution in [2.24, 2.45) is 14.1 Å². The molecular weight excluding hydrogens is 262 g/mol. The highest BCUT2D eigenvalue weighted by Gasteiger charge is 2.16. The second-order valence-corrected chi connectivity index (χ2v) is 4.68. The lowest BCUT2D eigenvalue weighted by atomic mass is 10.4. The molecule has 0 aliphatic heterocycles. The van der Waals surface area contributed by atoms with Crippen molar-refractivity contribution in [3.05, 3.63) is 20.8 Å². The van der Waals surface area contributed by atoms with Gasteiger partial charge in [-0.3, -0.25) is 13.9 Å². The lowest BCUT2D eigenvalue weighted by Gasteiger charge is -2.19. The van der Waals surface area contributed by atoms with Crippen LogP contribution < -0.4 is 16.1 Å². The van der Waals surface area contributed by atoms with Crippen LogP contribution in [0.1, 0.15) is 13.3 Å². The Morgan fingerprint density at radius 3 is 2.55 bits per heavy atom. The predicted molar refractivity (Wildman–Crippen MR) is 76.2 cm³/mol. The molecule has 0 spiro atoms. The van der Waals surface area contributed by atoms with Gasteiger partial charge in [0.2, 0.25) is 5.95 Å². The molecule has 20 heavy (non-hydrogen) atoms. The van der Waals surface area contributed by atoms with E-state index in [1.54, 1.807) is 7.05 Å². The molecule has 8 nitrogen and oxygen atoms in total. The van der Waals surface area contributed by atoms with E-state index < -0.39 is 11.2 Å². The Morgan fingerprint density at radius 2 is 1.95 bits per heavy atom. The van der Waals surface area contributed by atoms with E-state index in [4.69, 9.17) is 5.11 Å². The number of nitrogens with one attached hydrogen (secondary N) is 1. The fraction of sp³-hybridized carbons (Fsp3) is 0.583. The van der Waals surface area contributed by atoms with Gasteiger partial charge in [-0.15, -0.1) is 0 Å². The molecule has 0 bridgehead atoms. The molecule has 8 heteroatoms. The van der Waals surface area contributed by atoms with E-state index in [2.05, 4.69) is 9.97 Å². The fourth-order valence-corrected chi connectivity index (χ4v) is 2.18. The minimum Gasteiger partial charge on any atom is -0.395 e. The first-order chi connectivity index (χ1) is 9.51. The molecule has 0 aliphatic carbocycles. The van der Waals surface area contributed by atoms with Crippen LogP contribution in [0, 0.1) is 0 Å². The number of aromatic amines is 1. The second kappa shape index (κ2) is 5.49. The van der Waals surface area contributed by atoms with Gasteiger partial charge < -0.3 is 15.0 Å². The second-order valence-electron chi connectivity index (χ2n) is 4.68. The summed E-state index contributed by atoms with van der Waals surface area (Å²) in [6, 6.07) is 0. The van der Waals surface area contributed by atoms with Crippen LogP contribution in [0.2, 0.25) is 0 Å². The molecule has 2 N–H and O–H groups in total. The van der Waals surface area contributed by atoms with Crippen LogP contribution in [-0.2, 0) is 14.1 Å². The van der Waals surface area contributed by atoms with E-state index in [9.17, 15) is 9.59 Å². The number of aryl methyl sites for hydroxylation is 1. The number of H-pyrrole nitrogens is 1. The van der Waals surface area contributed by atoms with E-state index in [0.717, 1.165) is 11.0 Å². The quantitative estimate of drug-likeness (QED) is 0.745.